The number of aliphatic hydroxyl groups is 1. The summed E-state index contributed by atoms with van der Waals surface area (Å²) in [6, 6.07) is 9.88. The Balaban J connectivity index is 1.82. The molecule has 0 saturated heterocycles. The molecule has 1 unspecified atom stereocenters. The third-order valence-electron chi connectivity index (χ3n) is 3.23. The predicted octanol–water partition coefficient (Wildman–Crippen LogP) is 3.31. The third-order valence-corrected chi connectivity index (χ3v) is 3.92. The molecule has 0 aliphatic carbocycles. The molecule has 0 radical (unpaired) electrons. The standard InChI is InChI=1S/C17H21NO2S/c1-3-9-20-16-6-4-14(5-7-16)11-18-13-17(2,19)15-8-10-21-12-15/h3-8,10,12,18-19H,1,9,11,13H2,2H3. The molecule has 1 atom stereocenters. The van der Waals surface area contributed by atoms with Crippen molar-refractivity contribution in [1.29, 1.82) is 0 Å². The van der Waals surface area contributed by atoms with E-state index in [9.17, 15) is 5.11 Å². The summed E-state index contributed by atoms with van der Waals surface area (Å²) in [5.74, 6) is 0.837. The van der Waals surface area contributed by atoms with E-state index in [1.807, 2.05) is 48.0 Å². The summed E-state index contributed by atoms with van der Waals surface area (Å²) in [7, 11) is 0. The average molecular weight is 303 g/mol. The van der Waals surface area contributed by atoms with E-state index in [0.717, 1.165) is 16.9 Å². The fourth-order valence-electron chi connectivity index (χ4n) is 1.98. The Hall–Kier alpha value is -1.62. The molecule has 0 saturated carbocycles. The quantitative estimate of drug-likeness (QED) is 0.735. The van der Waals surface area contributed by atoms with E-state index >= 15 is 0 Å². The summed E-state index contributed by atoms with van der Waals surface area (Å²) in [6.45, 7) is 7.19. The summed E-state index contributed by atoms with van der Waals surface area (Å²) >= 11 is 1.60. The van der Waals surface area contributed by atoms with Crippen molar-refractivity contribution in [3.8, 4) is 5.75 Å². The van der Waals surface area contributed by atoms with Crippen molar-refractivity contribution in [2.75, 3.05) is 13.2 Å². The molecule has 2 aromatic rings. The number of thiophene rings is 1. The minimum Gasteiger partial charge on any atom is -0.490 e. The second kappa shape index (κ2) is 7.41. The maximum atomic E-state index is 10.4. The molecule has 1 aromatic heterocycles. The highest BCUT2D eigenvalue weighted by molar-refractivity contribution is 7.08. The molecule has 0 spiro atoms. The number of rotatable bonds is 8. The van der Waals surface area contributed by atoms with Gasteiger partial charge in [0.25, 0.3) is 0 Å². The molecular weight excluding hydrogens is 282 g/mol. The Morgan fingerprint density at radius 1 is 1.33 bits per heavy atom. The molecule has 1 aromatic carbocycles. The van der Waals surface area contributed by atoms with Gasteiger partial charge in [-0.15, -0.1) is 0 Å². The van der Waals surface area contributed by atoms with E-state index in [2.05, 4.69) is 11.9 Å². The SMILES string of the molecule is C=CCOc1ccc(CNCC(C)(O)c2ccsc2)cc1. The zero-order chi connectivity index (χ0) is 15.1. The van der Waals surface area contributed by atoms with Gasteiger partial charge in [-0.1, -0.05) is 24.8 Å². The zero-order valence-electron chi connectivity index (χ0n) is 12.2. The van der Waals surface area contributed by atoms with Gasteiger partial charge in [0.1, 0.15) is 12.4 Å². The van der Waals surface area contributed by atoms with E-state index in [0.29, 0.717) is 19.7 Å². The summed E-state index contributed by atoms with van der Waals surface area (Å²) in [5.41, 5.74) is 1.27. The Bertz CT molecular complexity index is 547. The van der Waals surface area contributed by atoms with Crippen LogP contribution in [0.2, 0.25) is 0 Å². The maximum absolute atomic E-state index is 10.4. The molecule has 3 nitrogen and oxygen atoms in total. The van der Waals surface area contributed by atoms with Crippen molar-refractivity contribution in [3.05, 3.63) is 64.9 Å². The lowest BCUT2D eigenvalue weighted by Gasteiger charge is -2.23. The number of ether oxygens (including phenoxy) is 1. The van der Waals surface area contributed by atoms with Gasteiger partial charge in [0.15, 0.2) is 0 Å². The molecule has 0 aliphatic rings. The number of hydrogen-bond donors (Lipinski definition) is 2. The van der Waals surface area contributed by atoms with Gasteiger partial charge in [0.2, 0.25) is 0 Å². The fourth-order valence-corrected chi connectivity index (χ4v) is 2.76. The highest BCUT2D eigenvalue weighted by atomic mass is 32.1. The molecule has 1 heterocycles. The van der Waals surface area contributed by atoms with Crippen molar-refractivity contribution in [2.45, 2.75) is 19.1 Å². The van der Waals surface area contributed by atoms with Crippen LogP contribution in [0.4, 0.5) is 0 Å². The average Bonchev–Trinajstić information content (AvgIpc) is 3.01. The number of benzene rings is 1. The van der Waals surface area contributed by atoms with Crippen LogP contribution < -0.4 is 10.1 Å². The van der Waals surface area contributed by atoms with Gasteiger partial charge >= 0.3 is 0 Å². The summed E-state index contributed by atoms with van der Waals surface area (Å²) < 4.78 is 5.44. The lowest BCUT2D eigenvalue weighted by atomic mass is 9.99. The molecule has 21 heavy (non-hydrogen) atoms. The number of nitrogens with one attached hydrogen (secondary N) is 1. The van der Waals surface area contributed by atoms with E-state index < -0.39 is 5.60 Å². The normalized spacial score (nSPS) is 13.6. The van der Waals surface area contributed by atoms with Crippen LogP contribution in [0.25, 0.3) is 0 Å². The first kappa shape index (κ1) is 15.8. The van der Waals surface area contributed by atoms with E-state index in [-0.39, 0.29) is 0 Å². The molecule has 0 aliphatic heterocycles. The highest BCUT2D eigenvalue weighted by Crippen LogP contribution is 2.22. The topological polar surface area (TPSA) is 41.5 Å². The van der Waals surface area contributed by atoms with E-state index in [4.69, 9.17) is 4.74 Å². The van der Waals surface area contributed by atoms with Crippen molar-refractivity contribution in [1.82, 2.24) is 5.32 Å². The Kier molecular flexibility index (Phi) is 5.56. The fraction of sp³-hybridized carbons (Fsp3) is 0.294. The Morgan fingerprint density at radius 2 is 2.10 bits per heavy atom. The maximum Gasteiger partial charge on any atom is 0.119 e. The van der Waals surface area contributed by atoms with Crippen LogP contribution in [-0.2, 0) is 12.1 Å². The van der Waals surface area contributed by atoms with Crippen LogP contribution in [0, 0.1) is 0 Å². The second-order valence-corrected chi connectivity index (χ2v) is 5.91. The zero-order valence-corrected chi connectivity index (χ0v) is 13.0. The van der Waals surface area contributed by atoms with Crippen LogP contribution in [0.5, 0.6) is 5.75 Å². The second-order valence-electron chi connectivity index (χ2n) is 5.13. The first-order valence-electron chi connectivity index (χ1n) is 6.90. The third kappa shape index (κ3) is 4.70. The first-order chi connectivity index (χ1) is 10.1. The van der Waals surface area contributed by atoms with Gasteiger partial charge < -0.3 is 15.2 Å². The van der Waals surface area contributed by atoms with Crippen LogP contribution in [0.3, 0.4) is 0 Å². The smallest absolute Gasteiger partial charge is 0.119 e. The van der Waals surface area contributed by atoms with Crippen molar-refractivity contribution < 1.29 is 9.84 Å². The largest absolute Gasteiger partial charge is 0.490 e. The lowest BCUT2D eigenvalue weighted by molar-refractivity contribution is 0.0571. The Morgan fingerprint density at radius 3 is 2.71 bits per heavy atom. The van der Waals surface area contributed by atoms with Gasteiger partial charge in [-0.2, -0.15) is 11.3 Å². The van der Waals surface area contributed by atoms with Crippen LogP contribution >= 0.6 is 11.3 Å². The molecule has 0 amide bonds. The van der Waals surface area contributed by atoms with Gasteiger partial charge in [0.05, 0.1) is 5.60 Å². The van der Waals surface area contributed by atoms with Crippen LogP contribution in [0.15, 0.2) is 53.7 Å². The first-order valence-corrected chi connectivity index (χ1v) is 7.84. The monoisotopic (exact) mass is 303 g/mol. The van der Waals surface area contributed by atoms with Crippen molar-refractivity contribution >= 4 is 11.3 Å². The van der Waals surface area contributed by atoms with Crippen LogP contribution in [-0.4, -0.2) is 18.3 Å². The van der Waals surface area contributed by atoms with Gasteiger partial charge in [-0.3, -0.25) is 0 Å². The highest BCUT2D eigenvalue weighted by Gasteiger charge is 2.22. The van der Waals surface area contributed by atoms with Crippen molar-refractivity contribution in [2.24, 2.45) is 0 Å². The van der Waals surface area contributed by atoms with E-state index in [1.165, 1.54) is 0 Å². The van der Waals surface area contributed by atoms with Gasteiger partial charge in [0, 0.05) is 13.1 Å². The predicted molar refractivity (Wildman–Crippen MR) is 87.7 cm³/mol. The summed E-state index contributed by atoms with van der Waals surface area (Å²) in [6.07, 6.45) is 1.72. The molecule has 2 rings (SSSR count). The minimum atomic E-state index is -0.840. The van der Waals surface area contributed by atoms with Crippen LogP contribution in [0.1, 0.15) is 18.1 Å². The Labute approximate surface area is 129 Å². The molecule has 0 fully saturated rings. The lowest BCUT2D eigenvalue weighted by Crippen LogP contribution is -2.34. The van der Waals surface area contributed by atoms with Gasteiger partial charge in [-0.25, -0.2) is 0 Å². The molecule has 4 heteroatoms. The molecule has 112 valence electrons. The van der Waals surface area contributed by atoms with Crippen molar-refractivity contribution in [3.63, 3.8) is 0 Å². The van der Waals surface area contributed by atoms with E-state index in [1.54, 1.807) is 17.4 Å². The molecular formula is C17H21NO2S. The minimum absolute atomic E-state index is 0.512. The molecule has 0 bridgehead atoms. The van der Waals surface area contributed by atoms with Gasteiger partial charge in [-0.05, 0) is 47.0 Å². The molecule has 2 N–H and O–H groups in total. The number of hydrogen-bond acceptors (Lipinski definition) is 4. The summed E-state index contributed by atoms with van der Waals surface area (Å²) in [5, 5.41) is 17.7. The summed E-state index contributed by atoms with van der Waals surface area (Å²) in [4.78, 5) is 0.